The molecule has 2 atom stereocenters. The van der Waals surface area contributed by atoms with E-state index in [0.29, 0.717) is 28.6 Å². The van der Waals surface area contributed by atoms with Gasteiger partial charge in [0.2, 0.25) is 5.91 Å². The molecule has 2 N–H and O–H groups in total. The van der Waals surface area contributed by atoms with E-state index in [1.165, 1.54) is 11.3 Å². The average molecular weight is 425 g/mol. The van der Waals surface area contributed by atoms with Gasteiger partial charge in [0.05, 0.1) is 6.54 Å². The molecular weight excluding hydrogens is 400 g/mol. The first-order chi connectivity index (χ1) is 14.6. The zero-order chi connectivity index (χ0) is 20.7. The third kappa shape index (κ3) is 3.37. The number of amides is 1. The van der Waals surface area contributed by atoms with Crippen LogP contribution in [0.15, 0.2) is 35.1 Å². The lowest BCUT2D eigenvalue weighted by Gasteiger charge is -2.24. The van der Waals surface area contributed by atoms with Gasteiger partial charge < -0.3 is 15.5 Å². The van der Waals surface area contributed by atoms with Gasteiger partial charge in [-0.05, 0) is 25.3 Å². The number of carbonyl (C=O) groups excluding carboxylic acids is 1. The lowest BCUT2D eigenvalue weighted by Crippen LogP contribution is -2.43. The van der Waals surface area contributed by atoms with Crippen LogP contribution in [0.4, 0.5) is 5.13 Å². The van der Waals surface area contributed by atoms with Crippen LogP contribution >= 0.6 is 11.3 Å². The molecular formula is C21H24N6O2S. The van der Waals surface area contributed by atoms with Gasteiger partial charge in [0.25, 0.3) is 5.56 Å². The maximum atomic E-state index is 13.0. The van der Waals surface area contributed by atoms with E-state index >= 15 is 0 Å². The van der Waals surface area contributed by atoms with Crippen LogP contribution in [0, 0.1) is 0 Å². The first-order valence-electron chi connectivity index (χ1n) is 10.3. The van der Waals surface area contributed by atoms with Crippen molar-refractivity contribution in [1.29, 1.82) is 0 Å². The van der Waals surface area contributed by atoms with Crippen molar-refractivity contribution in [2.45, 2.75) is 44.9 Å². The molecule has 0 spiro atoms. The molecule has 1 aromatic carbocycles. The molecule has 0 bridgehead atoms. The van der Waals surface area contributed by atoms with E-state index in [1.54, 1.807) is 4.57 Å². The Morgan fingerprint density at radius 1 is 1.30 bits per heavy atom. The second-order valence-corrected chi connectivity index (χ2v) is 8.84. The Bertz CT molecular complexity index is 1140. The highest BCUT2D eigenvalue weighted by Crippen LogP contribution is 2.32. The highest BCUT2D eigenvalue weighted by atomic mass is 32.1. The van der Waals surface area contributed by atoms with E-state index in [4.69, 9.17) is 4.98 Å². The number of nitrogens with zero attached hydrogens (tertiary/aromatic N) is 4. The topological polar surface area (TPSA) is 92.2 Å². The summed E-state index contributed by atoms with van der Waals surface area (Å²) >= 11 is 1.40. The van der Waals surface area contributed by atoms with Crippen LogP contribution in [0.3, 0.4) is 0 Å². The number of carbonyl (C=O) groups is 1. The van der Waals surface area contributed by atoms with Crippen molar-refractivity contribution in [1.82, 2.24) is 25.2 Å². The molecule has 1 fully saturated rings. The zero-order valence-corrected chi connectivity index (χ0v) is 17.6. The molecule has 0 radical (unpaired) electrons. The van der Waals surface area contributed by atoms with Crippen molar-refractivity contribution in [3.8, 4) is 0 Å². The molecule has 1 amide bonds. The first-order valence-corrected chi connectivity index (χ1v) is 11.1. The highest BCUT2D eigenvalue weighted by Gasteiger charge is 2.33. The number of rotatable bonds is 4. The standard InChI is InChI=1S/C21H24N6O2S/c1-13-10-22-12-16-24-19-17(20(29)27(13)16)25-21(30-19)26-9-5-8-15(26)18(28)23-11-14-6-3-2-4-7-14/h2-4,6-7,13,15,22H,5,8-12H2,1H3,(H,23,28)/t13-,15+/m0/s1. The van der Waals surface area contributed by atoms with Gasteiger partial charge >= 0.3 is 0 Å². The van der Waals surface area contributed by atoms with Gasteiger partial charge in [0.15, 0.2) is 15.5 Å². The van der Waals surface area contributed by atoms with Crippen molar-refractivity contribution in [2.24, 2.45) is 0 Å². The third-order valence-corrected chi connectivity index (χ3v) is 6.79. The van der Waals surface area contributed by atoms with E-state index in [2.05, 4.69) is 15.6 Å². The summed E-state index contributed by atoms with van der Waals surface area (Å²) in [5.41, 5.74) is 1.39. The van der Waals surface area contributed by atoms with Crippen molar-refractivity contribution in [2.75, 3.05) is 18.0 Å². The number of benzene rings is 1. The number of fused-ring (bicyclic) bond motifs is 2. The molecule has 8 nitrogen and oxygen atoms in total. The fourth-order valence-electron chi connectivity index (χ4n) is 4.28. The van der Waals surface area contributed by atoms with Crippen LogP contribution < -0.4 is 21.1 Å². The second-order valence-electron chi connectivity index (χ2n) is 7.89. The molecule has 0 unspecified atom stereocenters. The summed E-state index contributed by atoms with van der Waals surface area (Å²) in [6.07, 6.45) is 1.70. The van der Waals surface area contributed by atoms with Crippen molar-refractivity contribution < 1.29 is 4.79 Å². The molecule has 2 aliphatic rings. The summed E-state index contributed by atoms with van der Waals surface area (Å²) in [7, 11) is 0. The number of hydrogen-bond donors (Lipinski definition) is 2. The fraction of sp³-hybridized carbons (Fsp3) is 0.429. The lowest BCUT2D eigenvalue weighted by molar-refractivity contribution is -0.122. The minimum atomic E-state index is -0.271. The molecule has 0 aliphatic carbocycles. The van der Waals surface area contributed by atoms with Crippen LogP contribution in [0.25, 0.3) is 10.3 Å². The van der Waals surface area contributed by atoms with Crippen LogP contribution in [0.2, 0.25) is 0 Å². The minimum absolute atomic E-state index is 0.00240. The van der Waals surface area contributed by atoms with Gasteiger partial charge in [0.1, 0.15) is 11.9 Å². The first kappa shape index (κ1) is 19.2. The molecule has 0 saturated carbocycles. The SMILES string of the molecule is C[C@H]1CNCc2nc3sc(N4CCC[C@@H]4C(=O)NCc4ccccc4)nc3c(=O)n21. The predicted octanol–water partition coefficient (Wildman–Crippen LogP) is 1.80. The van der Waals surface area contributed by atoms with Crippen LogP contribution in [-0.4, -0.2) is 39.6 Å². The predicted molar refractivity (Wildman–Crippen MR) is 117 cm³/mol. The molecule has 1 saturated heterocycles. The molecule has 5 rings (SSSR count). The Kier molecular flexibility index (Phi) is 5.00. The lowest BCUT2D eigenvalue weighted by atomic mass is 10.2. The van der Waals surface area contributed by atoms with E-state index in [-0.39, 0.29) is 23.6 Å². The van der Waals surface area contributed by atoms with Gasteiger partial charge in [0, 0.05) is 25.7 Å². The minimum Gasteiger partial charge on any atom is -0.350 e. The highest BCUT2D eigenvalue weighted by molar-refractivity contribution is 7.21. The molecule has 4 heterocycles. The number of aromatic nitrogens is 3. The monoisotopic (exact) mass is 424 g/mol. The van der Waals surface area contributed by atoms with Crippen LogP contribution in [0.1, 0.15) is 37.2 Å². The quantitative estimate of drug-likeness (QED) is 0.664. The van der Waals surface area contributed by atoms with Crippen molar-refractivity contribution >= 4 is 32.7 Å². The molecule has 2 aromatic heterocycles. The Balaban J connectivity index is 1.41. The van der Waals surface area contributed by atoms with E-state index in [0.717, 1.165) is 37.3 Å². The third-order valence-electron chi connectivity index (χ3n) is 5.80. The molecule has 2 aliphatic heterocycles. The molecule has 156 valence electrons. The van der Waals surface area contributed by atoms with Gasteiger partial charge in [-0.15, -0.1) is 0 Å². The summed E-state index contributed by atoms with van der Waals surface area (Å²) in [6, 6.07) is 9.66. The maximum Gasteiger partial charge on any atom is 0.281 e. The number of thiazole rings is 1. The average Bonchev–Trinajstić information content (AvgIpc) is 3.40. The largest absolute Gasteiger partial charge is 0.350 e. The Labute approximate surface area is 177 Å². The van der Waals surface area contributed by atoms with E-state index in [9.17, 15) is 9.59 Å². The fourth-order valence-corrected chi connectivity index (χ4v) is 5.30. The second kappa shape index (κ2) is 7.81. The summed E-state index contributed by atoms with van der Waals surface area (Å²) in [4.78, 5) is 37.9. The van der Waals surface area contributed by atoms with Gasteiger partial charge in [-0.2, -0.15) is 0 Å². The van der Waals surface area contributed by atoms with E-state index < -0.39 is 0 Å². The van der Waals surface area contributed by atoms with Crippen molar-refractivity contribution in [3.05, 3.63) is 52.1 Å². The number of hydrogen-bond acceptors (Lipinski definition) is 7. The smallest absolute Gasteiger partial charge is 0.281 e. The normalized spacial score (nSPS) is 21.0. The molecule has 30 heavy (non-hydrogen) atoms. The van der Waals surface area contributed by atoms with Gasteiger partial charge in [-0.25, -0.2) is 9.97 Å². The zero-order valence-electron chi connectivity index (χ0n) is 16.8. The van der Waals surface area contributed by atoms with Gasteiger partial charge in [-0.3, -0.25) is 14.2 Å². The summed E-state index contributed by atoms with van der Waals surface area (Å²) in [5.74, 6) is 0.748. The van der Waals surface area contributed by atoms with Crippen LogP contribution in [0.5, 0.6) is 0 Å². The van der Waals surface area contributed by atoms with Gasteiger partial charge in [-0.1, -0.05) is 41.7 Å². The number of anilines is 1. The summed E-state index contributed by atoms with van der Waals surface area (Å²) in [5, 5.41) is 7.04. The molecule has 9 heteroatoms. The maximum absolute atomic E-state index is 13.0. The Morgan fingerprint density at radius 2 is 2.13 bits per heavy atom. The Morgan fingerprint density at radius 3 is 2.97 bits per heavy atom. The summed E-state index contributed by atoms with van der Waals surface area (Å²) in [6.45, 7) is 4.59. The Hall–Kier alpha value is -2.78. The summed E-state index contributed by atoms with van der Waals surface area (Å²) < 4.78 is 1.75. The van der Waals surface area contributed by atoms with Crippen molar-refractivity contribution in [3.63, 3.8) is 0 Å². The van der Waals surface area contributed by atoms with Crippen LogP contribution in [-0.2, 0) is 17.9 Å². The molecule has 3 aromatic rings. The van der Waals surface area contributed by atoms with E-state index in [1.807, 2.05) is 42.2 Å². The number of nitrogens with one attached hydrogen (secondary N) is 2.